The zero-order valence-corrected chi connectivity index (χ0v) is 43.7. The molecule has 0 saturated carbocycles. The topological polar surface area (TPSA) is 142 Å². The number of amides is 2. The molecule has 9 rings (SSSR count). The first-order chi connectivity index (χ1) is 37.7. The third-order valence-electron chi connectivity index (χ3n) is 14.4. The Morgan fingerprint density at radius 2 is 1.49 bits per heavy atom. The number of likely N-dealkylation sites (tertiary alicyclic amines) is 1. The second kappa shape index (κ2) is 24.9. The largest absolute Gasteiger partial charge is 0.494 e. The Kier molecular flexibility index (Phi) is 17.4. The zero-order valence-electron chi connectivity index (χ0n) is 43.7. The molecule has 6 atom stereocenters. The molecule has 1 aliphatic carbocycles. The number of carbonyl (C=O) groups excluding carboxylic acids is 5. The summed E-state index contributed by atoms with van der Waals surface area (Å²) in [4.78, 5) is 68.5. The van der Waals surface area contributed by atoms with E-state index in [2.05, 4.69) is 9.88 Å². The van der Waals surface area contributed by atoms with Crippen LogP contribution in [0.25, 0.3) is 22.4 Å². The molecular formula is C63H62F3N3O9. The number of nitrogens with zero attached hydrogens (tertiary/aromatic N) is 2. The lowest BCUT2D eigenvalue weighted by Crippen LogP contribution is -2.58. The number of ether oxygens (including phenoxy) is 4. The molecule has 15 heteroatoms. The number of cyclic esters (lactones) is 1. The van der Waals surface area contributed by atoms with Crippen molar-refractivity contribution in [3.8, 4) is 28.1 Å². The van der Waals surface area contributed by atoms with Crippen LogP contribution >= 0.6 is 0 Å². The van der Waals surface area contributed by atoms with Crippen LogP contribution in [0, 0.1) is 17.6 Å². The predicted octanol–water partition coefficient (Wildman–Crippen LogP) is 13.1. The van der Waals surface area contributed by atoms with Crippen LogP contribution in [-0.2, 0) is 39.9 Å². The Hall–Kier alpha value is -8.20. The summed E-state index contributed by atoms with van der Waals surface area (Å²) in [7, 11) is 0. The number of rotatable bonds is 21. The van der Waals surface area contributed by atoms with E-state index in [1.807, 2.05) is 86.6 Å². The van der Waals surface area contributed by atoms with Gasteiger partial charge < -0.3 is 33.7 Å². The maximum Gasteiger partial charge on any atom is 0.309 e. The molecule has 12 nitrogen and oxygen atoms in total. The van der Waals surface area contributed by atoms with Gasteiger partial charge in [0, 0.05) is 49.7 Å². The quantitative estimate of drug-likeness (QED) is 0.0322. The summed E-state index contributed by atoms with van der Waals surface area (Å²) in [6.07, 6.45) is 4.37. The van der Waals surface area contributed by atoms with Crippen molar-refractivity contribution in [2.75, 3.05) is 11.9 Å². The van der Waals surface area contributed by atoms with Crippen LogP contribution in [0.4, 0.5) is 18.9 Å². The number of anilines is 1. The van der Waals surface area contributed by atoms with Crippen molar-refractivity contribution in [1.29, 1.82) is 0 Å². The Morgan fingerprint density at radius 3 is 2.14 bits per heavy atom. The van der Waals surface area contributed by atoms with Crippen molar-refractivity contribution in [2.45, 2.75) is 115 Å². The van der Waals surface area contributed by atoms with Gasteiger partial charge in [0.15, 0.2) is 0 Å². The molecule has 0 radical (unpaired) electrons. The van der Waals surface area contributed by atoms with Gasteiger partial charge >= 0.3 is 17.9 Å². The minimum Gasteiger partial charge on any atom is -0.494 e. The van der Waals surface area contributed by atoms with Crippen molar-refractivity contribution in [3.05, 3.63) is 192 Å². The number of halogens is 3. The lowest BCUT2D eigenvalue weighted by Gasteiger charge is -2.51. The number of β-lactam (4-membered cyclic amide) rings is 1. The van der Waals surface area contributed by atoms with Gasteiger partial charge in [-0.25, -0.2) is 13.2 Å². The molecule has 2 saturated heterocycles. The summed E-state index contributed by atoms with van der Waals surface area (Å²) < 4.78 is 67.6. The second-order valence-electron chi connectivity index (χ2n) is 20.2. The smallest absolute Gasteiger partial charge is 0.309 e. The van der Waals surface area contributed by atoms with Crippen LogP contribution in [0.15, 0.2) is 158 Å². The number of hydrogen-bond acceptors (Lipinski definition) is 9. The molecule has 1 N–H and O–H groups in total. The van der Waals surface area contributed by atoms with Crippen molar-refractivity contribution in [2.24, 2.45) is 5.92 Å². The number of hydrogen-bond donors (Lipinski definition) is 1. The van der Waals surface area contributed by atoms with Crippen molar-refractivity contribution in [1.82, 2.24) is 9.47 Å². The molecule has 2 amide bonds. The maximum atomic E-state index is 14.5. The molecule has 5 aromatic carbocycles. The van der Waals surface area contributed by atoms with Gasteiger partial charge in [0.25, 0.3) is 5.91 Å². The standard InChI is InChI=1S/C63H62F3N3O9/c1-39(2)59-58(62(73)67-48-13-8-5-9-14-48)57(42-11-6-4-7-12-42)61(44-18-24-46(65)25-19-44)68(59)35-34-51-37-52(38-56(72)77-51)78-55(71)15-10-36-75-50-30-20-43(21-31-50)60-53(63(74)69(60)49-28-26-47(66)27-29-49)32-33-54(76-40(3)70)41-16-22-45(64)23-17-41/h4-9,11-14,16-28,30-31,39,49,51-54,60H,10,15,29,32-38H2,1-3H3,(H,67,73)/t49?,51?,52?,53-,54+,60-/m1/s1. The highest BCUT2D eigenvalue weighted by Crippen LogP contribution is 2.47. The van der Waals surface area contributed by atoms with E-state index in [1.54, 1.807) is 47.4 Å². The van der Waals surface area contributed by atoms with Crippen LogP contribution < -0.4 is 10.1 Å². The molecule has 78 heavy (non-hydrogen) atoms. The fourth-order valence-corrected chi connectivity index (χ4v) is 10.9. The highest BCUT2D eigenvalue weighted by molar-refractivity contribution is 6.12. The predicted molar refractivity (Wildman–Crippen MR) is 288 cm³/mol. The van der Waals surface area contributed by atoms with Crippen molar-refractivity contribution < 1.29 is 56.1 Å². The van der Waals surface area contributed by atoms with Gasteiger partial charge in [0.2, 0.25) is 5.91 Å². The number of benzene rings is 5. The van der Waals surface area contributed by atoms with E-state index >= 15 is 0 Å². The van der Waals surface area contributed by atoms with Crippen molar-refractivity contribution >= 4 is 35.4 Å². The van der Waals surface area contributed by atoms with E-state index in [0.717, 1.165) is 16.8 Å². The van der Waals surface area contributed by atoms with Gasteiger partial charge in [-0.15, -0.1) is 0 Å². The third-order valence-corrected chi connectivity index (χ3v) is 14.4. The van der Waals surface area contributed by atoms with Gasteiger partial charge in [0.05, 0.1) is 42.3 Å². The summed E-state index contributed by atoms with van der Waals surface area (Å²) in [5.74, 6) is -3.14. The minimum atomic E-state index is -0.716. The molecule has 3 unspecified atom stereocenters. The fraction of sp³-hybridized carbons (Fsp3) is 0.317. The first-order valence-corrected chi connectivity index (χ1v) is 26.5. The number of aromatic nitrogens is 1. The lowest BCUT2D eigenvalue weighted by molar-refractivity contribution is -0.170. The Bertz CT molecular complexity index is 3160. The molecule has 3 heterocycles. The molecule has 2 aliphatic heterocycles. The van der Waals surface area contributed by atoms with E-state index in [4.69, 9.17) is 18.9 Å². The van der Waals surface area contributed by atoms with E-state index in [1.165, 1.54) is 43.3 Å². The normalized spacial score (nSPS) is 19.3. The minimum absolute atomic E-state index is 0.0313. The number of para-hydroxylation sites is 1. The molecule has 1 aromatic heterocycles. The van der Waals surface area contributed by atoms with Crippen LogP contribution in [0.1, 0.15) is 117 Å². The third kappa shape index (κ3) is 13.0. The molecule has 2 fully saturated rings. The first kappa shape index (κ1) is 54.6. The van der Waals surface area contributed by atoms with E-state index in [0.29, 0.717) is 78.0 Å². The second-order valence-corrected chi connectivity index (χ2v) is 20.2. The molecule has 404 valence electrons. The summed E-state index contributed by atoms with van der Waals surface area (Å²) in [5, 5.41) is 3.09. The highest BCUT2D eigenvalue weighted by Gasteiger charge is 2.50. The first-order valence-electron chi connectivity index (χ1n) is 26.5. The van der Waals surface area contributed by atoms with Gasteiger partial charge in [-0.3, -0.25) is 24.0 Å². The van der Waals surface area contributed by atoms with Gasteiger partial charge in [-0.05, 0) is 127 Å². The average molecular weight is 1060 g/mol. The Balaban J connectivity index is 0.830. The maximum absolute atomic E-state index is 14.5. The zero-order chi connectivity index (χ0) is 54.9. The number of allylic oxidation sites excluding steroid dienone is 2. The summed E-state index contributed by atoms with van der Waals surface area (Å²) in [6.45, 7) is 5.84. The van der Waals surface area contributed by atoms with Gasteiger partial charge in [-0.1, -0.05) is 92.7 Å². The fourth-order valence-electron chi connectivity index (χ4n) is 10.9. The monoisotopic (exact) mass is 1060 g/mol. The SMILES string of the molecule is CC(=O)O[C@@H](CC[C@H]1C(=O)N(C2C=CC(F)=CC2)[C@@H]1c1ccc(OCCCC(=O)OC2CC(=O)OC(CCn3c(-c4ccc(F)cc4)c(-c4ccccc4)c(C(=O)Nc4ccccc4)c3C(C)C)C2)cc1)c1ccc(F)cc1. The Labute approximate surface area is 451 Å². The summed E-state index contributed by atoms with van der Waals surface area (Å²) >= 11 is 0. The van der Waals surface area contributed by atoms with Crippen LogP contribution in [0.2, 0.25) is 0 Å². The average Bonchev–Trinajstić information content (AvgIpc) is 3.98. The summed E-state index contributed by atoms with van der Waals surface area (Å²) in [6, 6.07) is 37.3. The Morgan fingerprint density at radius 1 is 0.808 bits per heavy atom. The van der Waals surface area contributed by atoms with Crippen LogP contribution in [0.3, 0.4) is 0 Å². The lowest BCUT2D eigenvalue weighted by atomic mass is 9.77. The summed E-state index contributed by atoms with van der Waals surface area (Å²) in [5.41, 5.74) is 6.23. The van der Waals surface area contributed by atoms with Crippen molar-refractivity contribution in [3.63, 3.8) is 0 Å². The molecular weight excluding hydrogens is 1000 g/mol. The van der Waals surface area contributed by atoms with E-state index < -0.39 is 53.8 Å². The highest BCUT2D eigenvalue weighted by atomic mass is 19.1. The molecule has 0 spiro atoms. The van der Waals surface area contributed by atoms with E-state index in [9.17, 15) is 37.1 Å². The molecule has 3 aliphatic rings. The van der Waals surface area contributed by atoms with Gasteiger partial charge in [-0.2, -0.15) is 0 Å². The van der Waals surface area contributed by atoms with Crippen LogP contribution in [-0.4, -0.2) is 64.0 Å². The molecule has 0 bridgehead atoms. The van der Waals surface area contributed by atoms with Gasteiger partial charge in [0.1, 0.15) is 41.5 Å². The molecule has 6 aromatic rings. The van der Waals surface area contributed by atoms with E-state index in [-0.39, 0.29) is 61.5 Å². The number of carbonyl (C=O) groups is 5. The number of nitrogens with one attached hydrogen (secondary N) is 1. The van der Waals surface area contributed by atoms with Crippen LogP contribution in [0.5, 0.6) is 5.75 Å². The number of esters is 3.